The van der Waals surface area contributed by atoms with Gasteiger partial charge in [-0.05, 0) is 25.5 Å². The number of hydrogen-bond acceptors (Lipinski definition) is 5. The number of fused-ring (bicyclic) bond motifs is 12. The molecule has 39 heavy (non-hydrogen) atoms. The maximum absolute atomic E-state index is 13.3. The average Bonchev–Trinajstić information content (AvgIpc) is 3.57. The van der Waals surface area contributed by atoms with Gasteiger partial charge in [-0.3, -0.25) is 14.9 Å². The van der Waals surface area contributed by atoms with Gasteiger partial charge in [-0.15, -0.1) is 0 Å². The largest absolute Gasteiger partial charge is 0.450 e. The Morgan fingerprint density at radius 1 is 0.949 bits per heavy atom. The van der Waals surface area contributed by atoms with Crippen LogP contribution < -0.4 is 5.32 Å². The molecule has 6 rings (SSSR count). The van der Waals surface area contributed by atoms with Crippen molar-refractivity contribution in [3.05, 3.63) is 72.1 Å². The van der Waals surface area contributed by atoms with Gasteiger partial charge in [0.25, 0.3) is 11.8 Å². The topological polar surface area (TPSA) is 94.8 Å². The van der Waals surface area contributed by atoms with Gasteiger partial charge in [0.15, 0.2) is 0 Å². The third-order valence-electron chi connectivity index (χ3n) is 7.48. The lowest BCUT2D eigenvalue weighted by Gasteiger charge is -2.24. The normalized spacial score (nSPS) is 17.7. The summed E-state index contributed by atoms with van der Waals surface area (Å²) in [6.45, 7) is 4.04. The highest BCUT2D eigenvalue weighted by Gasteiger charge is 2.35. The van der Waals surface area contributed by atoms with Crippen LogP contribution in [0, 0.1) is 0 Å². The fourth-order valence-corrected chi connectivity index (χ4v) is 5.67. The van der Waals surface area contributed by atoms with E-state index in [-0.39, 0.29) is 24.0 Å². The van der Waals surface area contributed by atoms with Crippen molar-refractivity contribution in [3.8, 4) is 0 Å². The molecule has 3 amide bonds. The van der Waals surface area contributed by atoms with Crippen LogP contribution in [0.1, 0.15) is 24.5 Å². The Bertz CT molecular complexity index is 1650. The summed E-state index contributed by atoms with van der Waals surface area (Å²) in [5, 5.41) is 4.34. The fraction of sp³-hybridized carbons (Fsp3) is 0.300. The van der Waals surface area contributed by atoms with Gasteiger partial charge in [-0.2, -0.15) is 0 Å². The van der Waals surface area contributed by atoms with Crippen LogP contribution in [-0.4, -0.2) is 64.9 Å². The standard InChI is InChI=1S/C30H30N4O5/c1-3-38-30(37)32(2)16-19-12-13-33-17-22(20-8-4-6-10-24(20)33)26-27(29(36)31-28(26)35)23-18-34(14-15-39-19)25-11-7-5-9-21(23)25/h4-11,17-19H,3,12-16H2,1-2H3,(H,31,35,36). The zero-order valence-electron chi connectivity index (χ0n) is 22.0. The van der Waals surface area contributed by atoms with E-state index in [0.717, 1.165) is 32.9 Å². The predicted octanol–water partition coefficient (Wildman–Crippen LogP) is 4.04. The number of aromatic nitrogens is 2. The zero-order valence-corrected chi connectivity index (χ0v) is 22.0. The summed E-state index contributed by atoms with van der Waals surface area (Å²) < 4.78 is 15.7. The van der Waals surface area contributed by atoms with Crippen LogP contribution in [-0.2, 0) is 32.2 Å². The number of aryl methyl sites for hydroxylation is 1. The van der Waals surface area contributed by atoms with E-state index >= 15 is 0 Å². The number of likely N-dealkylation sites (N-methyl/N-ethyl adjacent to an activating group) is 1. The molecule has 1 N–H and O–H groups in total. The molecule has 2 aromatic heterocycles. The molecule has 2 aliphatic heterocycles. The molecule has 4 bridgehead atoms. The van der Waals surface area contributed by atoms with Crippen LogP contribution in [0.25, 0.3) is 33.0 Å². The Kier molecular flexibility index (Phi) is 6.44. The molecular weight excluding hydrogens is 496 g/mol. The van der Waals surface area contributed by atoms with E-state index < -0.39 is 0 Å². The lowest BCUT2D eigenvalue weighted by atomic mass is 9.95. The molecule has 0 radical (unpaired) electrons. The smallest absolute Gasteiger partial charge is 0.409 e. The number of carbonyl (C=O) groups is 3. The van der Waals surface area contributed by atoms with E-state index in [0.29, 0.717) is 50.4 Å². The van der Waals surface area contributed by atoms with Crippen LogP contribution in [0.3, 0.4) is 0 Å². The number of para-hydroxylation sites is 2. The van der Waals surface area contributed by atoms with E-state index in [9.17, 15) is 14.4 Å². The average molecular weight is 527 g/mol. The lowest BCUT2D eigenvalue weighted by molar-refractivity contribution is -0.122. The summed E-state index contributed by atoms with van der Waals surface area (Å²) in [5.41, 5.74) is 4.14. The summed E-state index contributed by atoms with van der Waals surface area (Å²) in [5.74, 6) is -0.778. The molecule has 9 heteroatoms. The van der Waals surface area contributed by atoms with Gasteiger partial charge >= 0.3 is 6.09 Å². The lowest BCUT2D eigenvalue weighted by Crippen LogP contribution is -2.37. The monoisotopic (exact) mass is 526 g/mol. The van der Waals surface area contributed by atoms with Crippen LogP contribution in [0.4, 0.5) is 4.79 Å². The molecule has 2 aromatic carbocycles. The van der Waals surface area contributed by atoms with Crippen molar-refractivity contribution < 1.29 is 23.9 Å². The molecule has 0 aliphatic carbocycles. The Morgan fingerprint density at radius 2 is 1.51 bits per heavy atom. The van der Waals surface area contributed by atoms with Crippen LogP contribution in [0.15, 0.2) is 60.9 Å². The maximum Gasteiger partial charge on any atom is 0.409 e. The maximum atomic E-state index is 13.3. The minimum Gasteiger partial charge on any atom is -0.450 e. The van der Waals surface area contributed by atoms with Gasteiger partial charge in [-0.1, -0.05) is 36.4 Å². The van der Waals surface area contributed by atoms with Gasteiger partial charge in [-0.25, -0.2) is 4.79 Å². The van der Waals surface area contributed by atoms with E-state index in [2.05, 4.69) is 14.5 Å². The van der Waals surface area contributed by atoms with E-state index in [1.807, 2.05) is 60.9 Å². The predicted molar refractivity (Wildman–Crippen MR) is 148 cm³/mol. The van der Waals surface area contributed by atoms with Gasteiger partial charge in [0, 0.05) is 72.0 Å². The molecule has 0 fully saturated rings. The molecule has 1 atom stereocenters. The summed E-state index contributed by atoms with van der Waals surface area (Å²) >= 11 is 0. The molecular formula is C30H30N4O5. The highest BCUT2D eigenvalue weighted by atomic mass is 16.6. The number of imide groups is 1. The van der Waals surface area contributed by atoms with Crippen LogP contribution >= 0.6 is 0 Å². The zero-order chi connectivity index (χ0) is 27.1. The molecule has 0 saturated carbocycles. The van der Waals surface area contributed by atoms with E-state index in [1.165, 1.54) is 0 Å². The number of rotatable bonds is 3. The van der Waals surface area contributed by atoms with Gasteiger partial charge in [0.2, 0.25) is 0 Å². The number of nitrogens with one attached hydrogen (secondary N) is 1. The third kappa shape index (κ3) is 4.38. The third-order valence-corrected chi connectivity index (χ3v) is 7.48. The number of hydrogen-bond donors (Lipinski definition) is 1. The first kappa shape index (κ1) is 24.9. The first-order valence-electron chi connectivity index (χ1n) is 13.2. The molecule has 4 heterocycles. The second kappa shape index (κ2) is 10.1. The summed E-state index contributed by atoms with van der Waals surface area (Å²) in [7, 11) is 1.71. The summed E-state index contributed by atoms with van der Waals surface area (Å²) in [4.78, 5) is 40.4. The first-order valence-corrected chi connectivity index (χ1v) is 13.2. The van der Waals surface area contributed by atoms with Crippen molar-refractivity contribution in [1.29, 1.82) is 0 Å². The van der Waals surface area contributed by atoms with Gasteiger partial charge in [0.1, 0.15) is 0 Å². The molecule has 2 aliphatic rings. The van der Waals surface area contributed by atoms with E-state index in [1.54, 1.807) is 18.9 Å². The Hall–Kier alpha value is -4.37. The van der Waals surface area contributed by atoms with Crippen LogP contribution in [0.5, 0.6) is 0 Å². The fourth-order valence-electron chi connectivity index (χ4n) is 5.67. The first-order chi connectivity index (χ1) is 19.0. The number of amides is 3. The number of benzene rings is 2. The minimum atomic E-state index is -0.390. The Balaban J connectivity index is 1.51. The second-order valence-corrected chi connectivity index (χ2v) is 9.90. The SMILES string of the molecule is CCOC(=O)N(C)CC1CCn2cc(c3ccccc32)C2=C(C(=O)NC2=O)c2cn(c3ccccc23)CCO1. The molecule has 1 unspecified atom stereocenters. The van der Waals surface area contributed by atoms with Crippen molar-refractivity contribution in [1.82, 2.24) is 19.4 Å². The minimum absolute atomic E-state index is 0.237. The number of carbonyl (C=O) groups excluding carboxylic acids is 3. The summed E-state index contributed by atoms with van der Waals surface area (Å²) in [6, 6.07) is 15.8. The summed E-state index contributed by atoms with van der Waals surface area (Å²) in [6.07, 6.45) is 3.91. The Morgan fingerprint density at radius 3 is 2.10 bits per heavy atom. The van der Waals surface area contributed by atoms with Crippen molar-refractivity contribution in [2.45, 2.75) is 32.5 Å². The van der Waals surface area contributed by atoms with Crippen molar-refractivity contribution >= 4 is 50.9 Å². The molecule has 9 nitrogen and oxygen atoms in total. The highest BCUT2D eigenvalue weighted by Crippen LogP contribution is 2.39. The quantitative estimate of drug-likeness (QED) is 0.407. The molecule has 4 aromatic rings. The Labute approximate surface area is 225 Å². The number of ether oxygens (including phenoxy) is 2. The molecule has 0 spiro atoms. The highest BCUT2D eigenvalue weighted by molar-refractivity contribution is 6.50. The van der Waals surface area contributed by atoms with Crippen molar-refractivity contribution in [2.75, 3.05) is 26.8 Å². The van der Waals surface area contributed by atoms with Crippen LogP contribution in [0.2, 0.25) is 0 Å². The van der Waals surface area contributed by atoms with Gasteiger partial charge in [0.05, 0.1) is 30.5 Å². The van der Waals surface area contributed by atoms with Crippen molar-refractivity contribution in [3.63, 3.8) is 0 Å². The van der Waals surface area contributed by atoms with Crippen molar-refractivity contribution in [2.24, 2.45) is 0 Å². The van der Waals surface area contributed by atoms with Gasteiger partial charge < -0.3 is 23.5 Å². The number of nitrogens with zero attached hydrogens (tertiary/aromatic N) is 3. The van der Waals surface area contributed by atoms with E-state index in [4.69, 9.17) is 9.47 Å². The molecule has 200 valence electrons. The second-order valence-electron chi connectivity index (χ2n) is 9.90. The molecule has 0 saturated heterocycles.